The van der Waals surface area contributed by atoms with E-state index in [2.05, 4.69) is 31.2 Å². The van der Waals surface area contributed by atoms with Crippen LogP contribution in [-0.2, 0) is 0 Å². The lowest BCUT2D eigenvalue weighted by atomic mass is 10.3. The first-order valence-corrected chi connectivity index (χ1v) is 7.45. The summed E-state index contributed by atoms with van der Waals surface area (Å²) in [7, 11) is 1.88. The van der Waals surface area contributed by atoms with Crippen LogP contribution >= 0.6 is 38.6 Å². The number of fused-ring (bicyclic) bond motifs is 1. The van der Waals surface area contributed by atoms with Gasteiger partial charge < -0.3 is 5.32 Å². The van der Waals surface area contributed by atoms with Gasteiger partial charge in [-0.3, -0.25) is 0 Å². The van der Waals surface area contributed by atoms with Gasteiger partial charge in [-0.15, -0.1) is 22.7 Å². The summed E-state index contributed by atoms with van der Waals surface area (Å²) in [6, 6.07) is 6.09. The first kappa shape index (κ1) is 11.1. The highest BCUT2D eigenvalue weighted by Gasteiger charge is 2.10. The van der Waals surface area contributed by atoms with Gasteiger partial charge >= 0.3 is 0 Å². The van der Waals surface area contributed by atoms with Crippen LogP contribution in [0.5, 0.6) is 0 Å². The highest BCUT2D eigenvalue weighted by molar-refractivity contribution is 9.11. The van der Waals surface area contributed by atoms with E-state index in [0.717, 1.165) is 30.5 Å². The summed E-state index contributed by atoms with van der Waals surface area (Å²) in [5.41, 5.74) is 0. The van der Waals surface area contributed by atoms with Crippen LogP contribution in [0.3, 0.4) is 0 Å². The lowest BCUT2D eigenvalue weighted by molar-refractivity contribution is 1.23. The van der Waals surface area contributed by atoms with E-state index in [1.807, 2.05) is 30.6 Å². The second-order valence-corrected chi connectivity index (χ2v) is 6.75. The van der Waals surface area contributed by atoms with Crippen molar-refractivity contribution in [2.75, 3.05) is 12.4 Å². The van der Waals surface area contributed by atoms with Crippen molar-refractivity contribution in [3.05, 3.63) is 27.4 Å². The quantitative estimate of drug-likeness (QED) is 0.766. The van der Waals surface area contributed by atoms with Crippen LogP contribution in [0.4, 0.5) is 5.82 Å². The highest BCUT2D eigenvalue weighted by atomic mass is 79.9. The van der Waals surface area contributed by atoms with Crippen LogP contribution in [-0.4, -0.2) is 17.0 Å². The molecule has 0 saturated carbocycles. The van der Waals surface area contributed by atoms with Crippen molar-refractivity contribution >= 4 is 54.6 Å². The Kier molecular flexibility index (Phi) is 2.85. The maximum Gasteiger partial charge on any atom is 0.173 e. The smallest absolute Gasteiger partial charge is 0.173 e. The predicted octanol–water partition coefficient (Wildman–Crippen LogP) is 4.22. The fraction of sp³-hybridized carbons (Fsp3) is 0.0909. The van der Waals surface area contributed by atoms with Gasteiger partial charge in [0.2, 0.25) is 0 Å². The minimum Gasteiger partial charge on any atom is -0.372 e. The van der Waals surface area contributed by atoms with E-state index < -0.39 is 0 Å². The molecule has 0 saturated heterocycles. The number of thiophene rings is 2. The Balaban J connectivity index is 2.23. The fourth-order valence-electron chi connectivity index (χ4n) is 1.59. The van der Waals surface area contributed by atoms with Crippen LogP contribution in [0.15, 0.2) is 27.4 Å². The fourth-order valence-corrected chi connectivity index (χ4v) is 3.67. The van der Waals surface area contributed by atoms with E-state index in [1.165, 1.54) is 0 Å². The summed E-state index contributed by atoms with van der Waals surface area (Å²) in [4.78, 5) is 11.2. The third-order valence-electron chi connectivity index (χ3n) is 2.36. The number of anilines is 1. The molecule has 0 fully saturated rings. The first-order valence-electron chi connectivity index (χ1n) is 4.96. The third-order valence-corrected chi connectivity index (χ3v) is 4.78. The Hall–Kier alpha value is -0.980. The molecule has 86 valence electrons. The Bertz CT molecular complexity index is 674. The number of nitrogens with zero attached hydrogens (tertiary/aromatic N) is 2. The molecule has 3 nitrogen and oxygen atoms in total. The molecule has 0 aromatic carbocycles. The molecule has 0 atom stereocenters. The molecule has 6 heteroatoms. The van der Waals surface area contributed by atoms with Gasteiger partial charge in [0.25, 0.3) is 0 Å². The minimum atomic E-state index is 0.778. The summed E-state index contributed by atoms with van der Waals surface area (Å²) in [6.45, 7) is 0. The summed E-state index contributed by atoms with van der Waals surface area (Å²) in [5, 5.41) is 6.24. The number of nitrogens with one attached hydrogen (secondary N) is 1. The lowest BCUT2D eigenvalue weighted by Crippen LogP contribution is -1.96. The highest BCUT2D eigenvalue weighted by Crippen LogP contribution is 2.33. The number of hydrogen-bond acceptors (Lipinski definition) is 5. The number of halogens is 1. The van der Waals surface area contributed by atoms with Crippen molar-refractivity contribution in [3.8, 4) is 10.7 Å². The van der Waals surface area contributed by atoms with Crippen molar-refractivity contribution in [2.45, 2.75) is 0 Å². The molecular formula is C11H8BrN3S2. The molecule has 0 spiro atoms. The largest absolute Gasteiger partial charge is 0.372 e. The van der Waals surface area contributed by atoms with Gasteiger partial charge in [-0.1, -0.05) is 0 Å². The van der Waals surface area contributed by atoms with Crippen LogP contribution < -0.4 is 5.32 Å². The molecule has 0 unspecified atom stereocenters. The predicted molar refractivity (Wildman–Crippen MR) is 78.0 cm³/mol. The van der Waals surface area contributed by atoms with Crippen LogP contribution in [0.25, 0.3) is 20.9 Å². The molecule has 3 aromatic rings. The molecule has 0 bridgehead atoms. The Morgan fingerprint density at radius 3 is 2.82 bits per heavy atom. The molecule has 3 aromatic heterocycles. The lowest BCUT2D eigenvalue weighted by Gasteiger charge is -2.03. The van der Waals surface area contributed by atoms with Gasteiger partial charge in [-0.05, 0) is 39.5 Å². The number of aromatic nitrogens is 2. The summed E-state index contributed by atoms with van der Waals surface area (Å²) in [6.07, 6.45) is 0. The average molecular weight is 326 g/mol. The topological polar surface area (TPSA) is 37.8 Å². The van der Waals surface area contributed by atoms with Gasteiger partial charge in [-0.25, -0.2) is 9.97 Å². The molecular weight excluding hydrogens is 318 g/mol. The number of hydrogen-bond donors (Lipinski definition) is 1. The van der Waals surface area contributed by atoms with Gasteiger partial charge in [0.05, 0.1) is 14.0 Å². The molecule has 3 rings (SSSR count). The SMILES string of the molecule is CNc1nc(-c2ccc(Br)s2)nc2sccc12. The molecule has 0 aliphatic heterocycles. The maximum atomic E-state index is 4.58. The second-order valence-electron chi connectivity index (χ2n) is 3.39. The number of rotatable bonds is 2. The zero-order valence-corrected chi connectivity index (χ0v) is 12.1. The normalized spacial score (nSPS) is 10.9. The average Bonchev–Trinajstić information content (AvgIpc) is 2.95. The van der Waals surface area contributed by atoms with Crippen LogP contribution in [0.2, 0.25) is 0 Å². The van der Waals surface area contributed by atoms with Crippen molar-refractivity contribution < 1.29 is 0 Å². The second kappa shape index (κ2) is 4.36. The van der Waals surface area contributed by atoms with Crippen molar-refractivity contribution in [1.82, 2.24) is 9.97 Å². The Labute approximate surface area is 115 Å². The maximum absolute atomic E-state index is 4.58. The van der Waals surface area contributed by atoms with E-state index >= 15 is 0 Å². The Morgan fingerprint density at radius 2 is 2.12 bits per heavy atom. The molecule has 1 N–H and O–H groups in total. The Morgan fingerprint density at radius 1 is 1.24 bits per heavy atom. The van der Waals surface area contributed by atoms with E-state index in [0.29, 0.717) is 0 Å². The van der Waals surface area contributed by atoms with Gasteiger partial charge in [0.15, 0.2) is 5.82 Å². The van der Waals surface area contributed by atoms with Crippen LogP contribution in [0.1, 0.15) is 0 Å². The van der Waals surface area contributed by atoms with E-state index in [9.17, 15) is 0 Å². The van der Waals surface area contributed by atoms with E-state index in [1.54, 1.807) is 22.7 Å². The third kappa shape index (κ3) is 1.96. The molecule has 0 amide bonds. The van der Waals surface area contributed by atoms with Crippen molar-refractivity contribution in [1.29, 1.82) is 0 Å². The molecule has 17 heavy (non-hydrogen) atoms. The zero-order valence-electron chi connectivity index (χ0n) is 8.90. The van der Waals surface area contributed by atoms with Gasteiger partial charge in [0.1, 0.15) is 10.6 Å². The standard InChI is InChI=1S/C11H8BrN3S2/c1-13-9-6-4-5-16-11(6)15-10(14-9)7-2-3-8(12)17-7/h2-5H,1H3,(H,13,14,15). The zero-order chi connectivity index (χ0) is 11.8. The molecule has 0 aliphatic rings. The molecule has 0 aliphatic carbocycles. The van der Waals surface area contributed by atoms with Crippen LogP contribution in [0, 0.1) is 0 Å². The summed E-state index contributed by atoms with van der Waals surface area (Å²) < 4.78 is 1.09. The minimum absolute atomic E-state index is 0.778. The van der Waals surface area contributed by atoms with E-state index in [4.69, 9.17) is 0 Å². The first-order chi connectivity index (χ1) is 8.28. The van der Waals surface area contributed by atoms with E-state index in [-0.39, 0.29) is 0 Å². The molecule has 3 heterocycles. The monoisotopic (exact) mass is 325 g/mol. The summed E-state index contributed by atoms with van der Waals surface area (Å²) in [5.74, 6) is 1.66. The summed E-state index contributed by atoms with van der Waals surface area (Å²) >= 11 is 6.73. The molecule has 0 radical (unpaired) electrons. The van der Waals surface area contributed by atoms with Crippen molar-refractivity contribution in [3.63, 3.8) is 0 Å². The van der Waals surface area contributed by atoms with Crippen molar-refractivity contribution in [2.24, 2.45) is 0 Å². The van der Waals surface area contributed by atoms with Gasteiger partial charge in [0, 0.05) is 7.05 Å². The van der Waals surface area contributed by atoms with Gasteiger partial charge in [-0.2, -0.15) is 0 Å².